The highest BCUT2D eigenvalue weighted by Crippen LogP contribution is 2.30. The summed E-state index contributed by atoms with van der Waals surface area (Å²) in [5, 5.41) is 8.28. The molecule has 1 aromatic rings. The van der Waals surface area contributed by atoms with Crippen molar-refractivity contribution in [3.05, 3.63) is 29.6 Å². The monoisotopic (exact) mass is 233 g/mol. The van der Waals surface area contributed by atoms with Crippen LogP contribution >= 0.6 is 0 Å². The molecule has 0 bridgehead atoms. The van der Waals surface area contributed by atoms with E-state index in [4.69, 9.17) is 5.11 Å². The summed E-state index contributed by atoms with van der Waals surface area (Å²) >= 11 is 0. The van der Waals surface area contributed by atoms with Crippen LogP contribution in [0.2, 0.25) is 0 Å². The fraction of sp³-hybridized carbons (Fsp3) is 0.300. The number of anilines is 1. The maximum Gasteiger partial charge on any atom is 0.379 e. The van der Waals surface area contributed by atoms with Crippen LogP contribution < -0.4 is 4.90 Å². The van der Waals surface area contributed by atoms with Crippen LogP contribution in [0.4, 0.5) is 18.9 Å². The second kappa shape index (κ2) is 4.03. The lowest BCUT2D eigenvalue weighted by Gasteiger charge is -2.16. The Hall–Kier alpha value is -1.72. The molecule has 0 fully saturated rings. The van der Waals surface area contributed by atoms with Gasteiger partial charge in [-0.1, -0.05) is 6.07 Å². The molecule has 0 radical (unpaired) electrons. The largest absolute Gasteiger partial charge is 0.477 e. The topological polar surface area (TPSA) is 40.5 Å². The van der Waals surface area contributed by atoms with E-state index in [0.29, 0.717) is 6.07 Å². The van der Waals surface area contributed by atoms with Gasteiger partial charge in [-0.3, -0.25) is 0 Å². The molecule has 16 heavy (non-hydrogen) atoms. The minimum Gasteiger partial charge on any atom is -0.477 e. The van der Waals surface area contributed by atoms with Gasteiger partial charge in [-0.15, -0.1) is 0 Å². The quantitative estimate of drug-likeness (QED) is 0.868. The first-order chi connectivity index (χ1) is 7.26. The third-order valence-corrected chi connectivity index (χ3v) is 2.06. The number of halogens is 3. The van der Waals surface area contributed by atoms with Crippen LogP contribution in [0.15, 0.2) is 18.2 Å². The van der Waals surface area contributed by atoms with Gasteiger partial charge in [-0.05, 0) is 12.1 Å². The molecule has 0 saturated heterocycles. The minimum absolute atomic E-state index is 0.116. The summed E-state index contributed by atoms with van der Waals surface area (Å²) in [7, 11) is 3.10. The summed E-state index contributed by atoms with van der Waals surface area (Å²) in [6.07, 6.45) is 0. The maximum atomic E-state index is 13.3. The number of hydrogen-bond acceptors (Lipinski definition) is 2. The highest BCUT2D eigenvalue weighted by Gasteiger charge is 2.41. The minimum atomic E-state index is -4.08. The second-order valence-corrected chi connectivity index (χ2v) is 3.44. The molecule has 1 N–H and O–H groups in total. The zero-order chi connectivity index (χ0) is 12.5. The fourth-order valence-corrected chi connectivity index (χ4v) is 1.19. The number of carbonyl (C=O) groups is 1. The lowest BCUT2D eigenvalue weighted by atomic mass is 10.1. The fourth-order valence-electron chi connectivity index (χ4n) is 1.19. The lowest BCUT2D eigenvalue weighted by molar-refractivity contribution is -0.166. The zero-order valence-electron chi connectivity index (χ0n) is 8.67. The van der Waals surface area contributed by atoms with Gasteiger partial charge < -0.3 is 10.0 Å². The number of aliphatic carboxylic acids is 1. The van der Waals surface area contributed by atoms with Crippen molar-refractivity contribution in [3.63, 3.8) is 0 Å². The first kappa shape index (κ1) is 12.4. The van der Waals surface area contributed by atoms with Crippen LogP contribution in [0, 0.1) is 5.82 Å². The average molecular weight is 233 g/mol. The molecular formula is C10H10F3NO2. The summed E-state index contributed by atoms with van der Waals surface area (Å²) in [4.78, 5) is 11.7. The van der Waals surface area contributed by atoms with Crippen molar-refractivity contribution in [3.8, 4) is 0 Å². The number of hydrogen-bond donors (Lipinski definition) is 1. The standard InChI is InChI=1S/C10H10F3NO2/c1-14(2)8-4-3-6(5-7(8)11)10(12,13)9(15)16/h3-5H,1-2H3,(H,15,16). The van der Waals surface area contributed by atoms with Crippen molar-refractivity contribution >= 4 is 11.7 Å². The Balaban J connectivity index is 3.21. The molecule has 6 heteroatoms. The zero-order valence-corrected chi connectivity index (χ0v) is 8.67. The van der Waals surface area contributed by atoms with Crippen molar-refractivity contribution in [1.29, 1.82) is 0 Å². The average Bonchev–Trinajstić information content (AvgIpc) is 2.16. The van der Waals surface area contributed by atoms with Crippen LogP contribution in [0.25, 0.3) is 0 Å². The van der Waals surface area contributed by atoms with E-state index in [1.807, 2.05) is 0 Å². The summed E-state index contributed by atoms with van der Waals surface area (Å²) in [6, 6.07) is 2.54. The molecule has 0 aliphatic rings. The Kier molecular flexibility index (Phi) is 3.11. The van der Waals surface area contributed by atoms with Gasteiger partial charge in [0.1, 0.15) is 5.82 Å². The van der Waals surface area contributed by atoms with Gasteiger partial charge >= 0.3 is 11.9 Å². The summed E-state index contributed by atoms with van der Waals surface area (Å²) in [5.74, 6) is -7.26. The number of nitrogens with zero attached hydrogens (tertiary/aromatic N) is 1. The lowest BCUT2D eigenvalue weighted by Crippen LogP contribution is -2.25. The molecular weight excluding hydrogens is 223 g/mol. The Morgan fingerprint density at radius 1 is 1.38 bits per heavy atom. The first-order valence-electron chi connectivity index (χ1n) is 4.35. The van der Waals surface area contributed by atoms with Crippen LogP contribution in [0.5, 0.6) is 0 Å². The third-order valence-electron chi connectivity index (χ3n) is 2.06. The Labute approximate surface area is 90.1 Å². The molecule has 0 atom stereocenters. The van der Waals surface area contributed by atoms with E-state index in [2.05, 4.69) is 0 Å². The van der Waals surface area contributed by atoms with E-state index < -0.39 is 23.3 Å². The second-order valence-electron chi connectivity index (χ2n) is 3.44. The van der Waals surface area contributed by atoms with Gasteiger partial charge in [0.25, 0.3) is 0 Å². The van der Waals surface area contributed by atoms with Gasteiger partial charge in [0.05, 0.1) is 5.69 Å². The Morgan fingerprint density at radius 2 is 1.94 bits per heavy atom. The molecule has 0 unspecified atom stereocenters. The van der Waals surface area contributed by atoms with E-state index >= 15 is 0 Å². The number of benzene rings is 1. The van der Waals surface area contributed by atoms with Crippen molar-refractivity contribution in [2.24, 2.45) is 0 Å². The van der Waals surface area contributed by atoms with Gasteiger partial charge in [0, 0.05) is 19.7 Å². The summed E-state index contributed by atoms with van der Waals surface area (Å²) in [5.41, 5.74) is -0.756. The van der Waals surface area contributed by atoms with Crippen LogP contribution in [-0.2, 0) is 10.7 Å². The molecule has 0 amide bonds. The van der Waals surface area contributed by atoms with Crippen molar-refractivity contribution in [2.45, 2.75) is 5.92 Å². The number of carboxylic acid groups (broad SMARTS) is 1. The van der Waals surface area contributed by atoms with E-state index in [1.54, 1.807) is 14.1 Å². The molecule has 1 aromatic carbocycles. The van der Waals surface area contributed by atoms with E-state index in [0.717, 1.165) is 12.1 Å². The molecule has 0 aliphatic heterocycles. The van der Waals surface area contributed by atoms with Crippen molar-refractivity contribution in [2.75, 3.05) is 19.0 Å². The van der Waals surface area contributed by atoms with E-state index in [-0.39, 0.29) is 5.69 Å². The van der Waals surface area contributed by atoms with E-state index in [1.165, 1.54) is 4.90 Å². The molecule has 0 spiro atoms. The highest BCUT2D eigenvalue weighted by molar-refractivity contribution is 5.77. The molecule has 0 heterocycles. The summed E-state index contributed by atoms with van der Waals surface area (Å²) in [6.45, 7) is 0. The SMILES string of the molecule is CN(C)c1ccc(C(F)(F)C(=O)O)cc1F. The first-order valence-corrected chi connectivity index (χ1v) is 4.35. The van der Waals surface area contributed by atoms with Crippen LogP contribution in [0.1, 0.15) is 5.56 Å². The smallest absolute Gasteiger partial charge is 0.379 e. The van der Waals surface area contributed by atoms with Crippen LogP contribution in [-0.4, -0.2) is 25.2 Å². The molecule has 0 saturated carbocycles. The van der Waals surface area contributed by atoms with Crippen LogP contribution in [0.3, 0.4) is 0 Å². The van der Waals surface area contributed by atoms with Crippen molar-refractivity contribution < 1.29 is 23.1 Å². The number of carboxylic acids is 1. The predicted octanol–water partition coefficient (Wildman–Crippen LogP) is 2.07. The molecule has 0 aromatic heterocycles. The van der Waals surface area contributed by atoms with Gasteiger partial charge in [0.15, 0.2) is 0 Å². The number of rotatable bonds is 3. The number of alkyl halides is 2. The highest BCUT2D eigenvalue weighted by atomic mass is 19.3. The predicted molar refractivity (Wildman–Crippen MR) is 52.3 cm³/mol. The summed E-state index contributed by atoms with van der Waals surface area (Å²) < 4.78 is 39.3. The molecule has 1 rings (SSSR count). The van der Waals surface area contributed by atoms with Crippen molar-refractivity contribution in [1.82, 2.24) is 0 Å². The Bertz CT molecular complexity index is 419. The van der Waals surface area contributed by atoms with Gasteiger partial charge in [-0.25, -0.2) is 9.18 Å². The maximum absolute atomic E-state index is 13.3. The normalized spacial score (nSPS) is 11.3. The molecule has 88 valence electrons. The van der Waals surface area contributed by atoms with E-state index in [9.17, 15) is 18.0 Å². The third kappa shape index (κ3) is 2.10. The van der Waals surface area contributed by atoms with Gasteiger partial charge in [0.2, 0.25) is 0 Å². The molecule has 0 aliphatic carbocycles. The van der Waals surface area contributed by atoms with Gasteiger partial charge in [-0.2, -0.15) is 8.78 Å². The Morgan fingerprint density at radius 3 is 2.31 bits per heavy atom. The molecule has 3 nitrogen and oxygen atoms in total.